The molecule has 106 valence electrons. The van der Waals surface area contributed by atoms with E-state index in [4.69, 9.17) is 11.6 Å². The van der Waals surface area contributed by atoms with Crippen molar-refractivity contribution in [3.05, 3.63) is 34.9 Å². The number of hydrogen-bond acceptors (Lipinski definition) is 3. The van der Waals surface area contributed by atoms with E-state index in [2.05, 4.69) is 11.4 Å². The van der Waals surface area contributed by atoms with Crippen LogP contribution in [0.1, 0.15) is 37.4 Å². The van der Waals surface area contributed by atoms with Gasteiger partial charge in [-0.3, -0.25) is 4.79 Å². The van der Waals surface area contributed by atoms with Crippen LogP contribution in [0.25, 0.3) is 0 Å². The molecule has 0 aliphatic heterocycles. The molecule has 1 fully saturated rings. The first-order chi connectivity index (χ1) is 9.59. The molecule has 1 saturated carbocycles. The Hall–Kier alpha value is -1.57. The number of nitriles is 1. The Morgan fingerprint density at radius 3 is 2.70 bits per heavy atom. The highest BCUT2D eigenvalue weighted by Gasteiger charge is 2.41. The van der Waals surface area contributed by atoms with Crippen LogP contribution in [0.5, 0.6) is 0 Å². The van der Waals surface area contributed by atoms with Crippen molar-refractivity contribution in [1.29, 1.82) is 5.26 Å². The summed E-state index contributed by atoms with van der Waals surface area (Å²) in [5.41, 5.74) is -0.341. The number of nitrogens with one attached hydrogen (secondary N) is 1. The van der Waals surface area contributed by atoms with Crippen molar-refractivity contribution in [1.82, 2.24) is 5.32 Å². The first-order valence-electron chi connectivity index (χ1n) is 6.71. The molecule has 1 aromatic carbocycles. The third kappa shape index (κ3) is 2.95. The van der Waals surface area contributed by atoms with Crippen LogP contribution in [-0.2, 0) is 4.79 Å². The van der Waals surface area contributed by atoms with Gasteiger partial charge in [0.1, 0.15) is 5.41 Å². The minimum Gasteiger partial charge on any atom is -0.387 e. The van der Waals surface area contributed by atoms with Gasteiger partial charge >= 0.3 is 0 Å². The topological polar surface area (TPSA) is 73.1 Å². The maximum absolute atomic E-state index is 12.1. The highest BCUT2D eigenvalue weighted by molar-refractivity contribution is 6.31. The van der Waals surface area contributed by atoms with Crippen molar-refractivity contribution in [3.63, 3.8) is 0 Å². The van der Waals surface area contributed by atoms with Crippen LogP contribution in [0.2, 0.25) is 5.02 Å². The quantitative estimate of drug-likeness (QED) is 0.896. The predicted molar refractivity (Wildman–Crippen MR) is 75.9 cm³/mol. The number of carbonyl (C=O) groups excluding carboxylic acids is 1. The van der Waals surface area contributed by atoms with Crippen LogP contribution in [0.15, 0.2) is 24.3 Å². The fraction of sp³-hybridized carbons (Fsp3) is 0.467. The van der Waals surface area contributed by atoms with E-state index in [0.29, 0.717) is 23.4 Å². The summed E-state index contributed by atoms with van der Waals surface area (Å²) in [6.07, 6.45) is 2.11. The zero-order chi connectivity index (χ0) is 14.6. The van der Waals surface area contributed by atoms with E-state index in [9.17, 15) is 15.2 Å². The van der Waals surface area contributed by atoms with E-state index in [1.54, 1.807) is 24.3 Å². The van der Waals surface area contributed by atoms with Gasteiger partial charge in [-0.15, -0.1) is 0 Å². The van der Waals surface area contributed by atoms with Crippen molar-refractivity contribution in [2.45, 2.75) is 31.8 Å². The summed E-state index contributed by atoms with van der Waals surface area (Å²) >= 11 is 5.99. The van der Waals surface area contributed by atoms with Crippen LogP contribution in [0.4, 0.5) is 0 Å². The maximum Gasteiger partial charge on any atom is 0.240 e. The molecular weight excluding hydrogens is 276 g/mol. The Morgan fingerprint density at radius 1 is 1.45 bits per heavy atom. The number of benzene rings is 1. The first-order valence-corrected chi connectivity index (χ1v) is 7.09. The molecule has 1 unspecified atom stereocenters. The first kappa shape index (κ1) is 14.8. The second-order valence-corrected chi connectivity index (χ2v) is 5.56. The lowest BCUT2D eigenvalue weighted by atomic mass is 9.87. The highest BCUT2D eigenvalue weighted by atomic mass is 35.5. The molecule has 1 atom stereocenters. The van der Waals surface area contributed by atoms with Gasteiger partial charge in [0.25, 0.3) is 0 Å². The summed E-state index contributed by atoms with van der Waals surface area (Å²) in [6.45, 7) is 0.0615. The maximum atomic E-state index is 12.1. The Morgan fingerprint density at radius 2 is 2.10 bits per heavy atom. The van der Waals surface area contributed by atoms with Gasteiger partial charge in [0.05, 0.1) is 12.2 Å². The third-order valence-electron chi connectivity index (χ3n) is 3.83. The van der Waals surface area contributed by atoms with E-state index in [0.717, 1.165) is 12.8 Å². The third-order valence-corrected chi connectivity index (χ3v) is 4.17. The molecule has 0 aromatic heterocycles. The van der Waals surface area contributed by atoms with E-state index < -0.39 is 11.5 Å². The minimum absolute atomic E-state index is 0.0615. The lowest BCUT2D eigenvalue weighted by Crippen LogP contribution is -2.40. The molecule has 5 heteroatoms. The average Bonchev–Trinajstić information content (AvgIpc) is 2.95. The zero-order valence-corrected chi connectivity index (χ0v) is 11.9. The van der Waals surface area contributed by atoms with E-state index in [-0.39, 0.29) is 12.5 Å². The largest absolute Gasteiger partial charge is 0.387 e. The SMILES string of the molecule is N#CC1(C(=O)NCC(O)c2ccccc2Cl)CCCC1. The number of carbonyl (C=O) groups is 1. The minimum atomic E-state index is -0.916. The Kier molecular flexibility index (Phi) is 4.64. The monoisotopic (exact) mass is 292 g/mol. The zero-order valence-electron chi connectivity index (χ0n) is 11.1. The lowest BCUT2D eigenvalue weighted by molar-refractivity contribution is -0.128. The molecule has 0 spiro atoms. The van der Waals surface area contributed by atoms with Gasteiger partial charge in [-0.25, -0.2) is 0 Å². The van der Waals surface area contributed by atoms with Crippen LogP contribution in [0.3, 0.4) is 0 Å². The summed E-state index contributed by atoms with van der Waals surface area (Å²) in [4.78, 5) is 12.1. The summed E-state index contributed by atoms with van der Waals surface area (Å²) in [5, 5.41) is 22.4. The summed E-state index contributed by atoms with van der Waals surface area (Å²) in [5.74, 6) is -0.288. The Labute approximate surface area is 123 Å². The number of hydrogen-bond donors (Lipinski definition) is 2. The number of rotatable bonds is 4. The smallest absolute Gasteiger partial charge is 0.240 e. The Bertz CT molecular complexity index is 533. The molecule has 0 saturated heterocycles. The Balaban J connectivity index is 1.97. The van der Waals surface area contributed by atoms with Crippen molar-refractivity contribution < 1.29 is 9.90 Å². The summed E-state index contributed by atoms with van der Waals surface area (Å²) in [7, 11) is 0. The number of amides is 1. The number of aliphatic hydroxyl groups excluding tert-OH is 1. The van der Waals surface area contributed by atoms with Crippen LogP contribution in [0, 0.1) is 16.7 Å². The lowest BCUT2D eigenvalue weighted by Gasteiger charge is -2.21. The highest BCUT2D eigenvalue weighted by Crippen LogP contribution is 2.37. The second-order valence-electron chi connectivity index (χ2n) is 5.15. The fourth-order valence-electron chi connectivity index (χ4n) is 2.58. The van der Waals surface area contributed by atoms with Gasteiger partial charge in [-0.2, -0.15) is 5.26 Å². The molecule has 0 radical (unpaired) electrons. The molecule has 2 rings (SSSR count). The molecule has 1 aliphatic carbocycles. The van der Waals surface area contributed by atoms with Gasteiger partial charge in [0.15, 0.2) is 0 Å². The fourth-order valence-corrected chi connectivity index (χ4v) is 2.84. The molecule has 1 amide bonds. The van der Waals surface area contributed by atoms with Crippen LogP contribution < -0.4 is 5.32 Å². The van der Waals surface area contributed by atoms with E-state index >= 15 is 0 Å². The molecule has 2 N–H and O–H groups in total. The van der Waals surface area contributed by atoms with Crippen molar-refractivity contribution in [3.8, 4) is 6.07 Å². The molecule has 1 aliphatic rings. The van der Waals surface area contributed by atoms with E-state index in [1.807, 2.05) is 0 Å². The van der Waals surface area contributed by atoms with Gasteiger partial charge in [0.2, 0.25) is 5.91 Å². The number of halogens is 1. The van der Waals surface area contributed by atoms with Gasteiger partial charge in [0, 0.05) is 17.1 Å². The molecule has 0 bridgehead atoms. The second kappa shape index (κ2) is 6.25. The molecule has 1 aromatic rings. The van der Waals surface area contributed by atoms with Crippen molar-refractivity contribution >= 4 is 17.5 Å². The number of aliphatic hydroxyl groups is 1. The van der Waals surface area contributed by atoms with Gasteiger partial charge < -0.3 is 10.4 Å². The predicted octanol–water partition coefficient (Wildman–Crippen LogP) is 2.57. The summed E-state index contributed by atoms with van der Waals surface area (Å²) in [6, 6.07) is 9.10. The van der Waals surface area contributed by atoms with E-state index in [1.165, 1.54) is 0 Å². The molecule has 20 heavy (non-hydrogen) atoms. The van der Waals surface area contributed by atoms with Gasteiger partial charge in [-0.05, 0) is 18.9 Å². The molecule has 4 nitrogen and oxygen atoms in total. The summed E-state index contributed by atoms with van der Waals surface area (Å²) < 4.78 is 0. The molecular formula is C15H17ClN2O2. The van der Waals surface area contributed by atoms with Crippen molar-refractivity contribution in [2.75, 3.05) is 6.54 Å². The van der Waals surface area contributed by atoms with Crippen molar-refractivity contribution in [2.24, 2.45) is 5.41 Å². The normalized spacial score (nSPS) is 18.2. The number of nitrogens with zero attached hydrogens (tertiary/aromatic N) is 1. The van der Waals surface area contributed by atoms with Crippen LogP contribution >= 0.6 is 11.6 Å². The standard InChI is InChI=1S/C15H17ClN2O2/c16-12-6-2-1-5-11(12)13(19)9-18-14(20)15(10-17)7-3-4-8-15/h1-2,5-6,13,19H,3-4,7-9H2,(H,18,20). The average molecular weight is 293 g/mol. The molecule has 0 heterocycles. The van der Waals surface area contributed by atoms with Crippen LogP contribution in [-0.4, -0.2) is 17.6 Å². The van der Waals surface area contributed by atoms with Gasteiger partial charge in [-0.1, -0.05) is 42.6 Å².